The van der Waals surface area contributed by atoms with Gasteiger partial charge < -0.3 is 0 Å². The molecule has 0 aromatic rings. The fourth-order valence-electron chi connectivity index (χ4n) is 2.30. The second-order valence-electron chi connectivity index (χ2n) is 7.43. The predicted octanol–water partition coefficient (Wildman–Crippen LogP) is 6.54. The fraction of sp³-hybridized carbons (Fsp3) is 1.00. The van der Waals surface area contributed by atoms with Crippen LogP contribution in [0.25, 0.3) is 0 Å². The minimum atomic E-state index is -8.63. The third kappa shape index (κ3) is 5.87. The highest BCUT2D eigenvalue weighted by molar-refractivity contribution is 7.88. The summed E-state index contributed by atoms with van der Waals surface area (Å²) in [6, 6.07) is 0. The van der Waals surface area contributed by atoms with Gasteiger partial charge in [0.15, 0.2) is 6.29 Å². The molecule has 43 heavy (non-hydrogen) atoms. The molecule has 6 nitrogen and oxygen atoms in total. The van der Waals surface area contributed by atoms with Crippen LogP contribution in [0, 0.1) is 0 Å². The molecule has 0 bridgehead atoms. The van der Waals surface area contributed by atoms with E-state index in [0.717, 1.165) is 0 Å². The van der Waals surface area contributed by atoms with Crippen molar-refractivity contribution in [3.63, 3.8) is 0 Å². The molecule has 0 aromatic carbocycles. The number of hydrogen-bond acceptors (Lipinski definition) is 6. The molecule has 0 unspecified atom stereocenters. The van der Waals surface area contributed by atoms with Gasteiger partial charge in [0, 0.05) is 0 Å². The van der Waals surface area contributed by atoms with Gasteiger partial charge >= 0.3 is 78.6 Å². The van der Waals surface area contributed by atoms with E-state index in [1.54, 1.807) is 0 Å². The van der Waals surface area contributed by atoms with Crippen LogP contribution in [-0.2, 0) is 28.6 Å². The molecular weight excluding hydrogens is 734 g/mol. The van der Waals surface area contributed by atoms with E-state index < -0.39 is 91.3 Å². The van der Waals surface area contributed by atoms with Crippen molar-refractivity contribution in [3.8, 4) is 0 Å². The average molecular weight is 740 g/mol. The van der Waals surface area contributed by atoms with Crippen LogP contribution in [0.5, 0.6) is 0 Å². The molecule has 0 fully saturated rings. The van der Waals surface area contributed by atoms with Gasteiger partial charge in [-0.2, -0.15) is 105 Å². The van der Waals surface area contributed by atoms with Crippen molar-refractivity contribution in [2.24, 2.45) is 0 Å². The molecule has 0 atom stereocenters. The van der Waals surface area contributed by atoms with Crippen molar-refractivity contribution in [1.82, 2.24) is 0 Å². The van der Waals surface area contributed by atoms with Crippen molar-refractivity contribution < 1.29 is 122 Å². The Hall–Kier alpha value is -1.72. The van der Waals surface area contributed by atoms with E-state index in [-0.39, 0.29) is 6.92 Å². The summed E-state index contributed by atoms with van der Waals surface area (Å²) in [6.07, 6.45) is -39.5. The maximum Gasteiger partial charge on any atom is 0.438 e. The lowest BCUT2D eigenvalue weighted by molar-refractivity contribution is -0.417. The SMILES string of the molecule is CCC(OS(=O)(=O)C(F)(F)C(F)(F)C(F)(C(F)(F)F)C(F)(F)F)OS(=O)(=O)C(F)(F)C(F)(F)C(F)(C(F)(F)F)C(F)(F)F. The van der Waals surface area contributed by atoms with Crippen LogP contribution in [0.3, 0.4) is 0 Å². The second-order valence-corrected chi connectivity index (χ2v) is 10.7. The number of hydrogen-bond donors (Lipinski definition) is 0. The van der Waals surface area contributed by atoms with Gasteiger partial charge in [0.05, 0.1) is 0 Å². The molecule has 0 heterocycles. The molecule has 0 aromatic heterocycles. The summed E-state index contributed by atoms with van der Waals surface area (Å²) in [6.45, 7) is -0.0575. The quantitative estimate of drug-likeness (QED) is 0.136. The summed E-state index contributed by atoms with van der Waals surface area (Å²) in [4.78, 5) is 0. The zero-order chi connectivity index (χ0) is 35.7. The molecule has 0 saturated heterocycles. The van der Waals surface area contributed by atoms with Crippen molar-refractivity contribution in [1.29, 1.82) is 0 Å². The van der Waals surface area contributed by atoms with Crippen LogP contribution in [0.15, 0.2) is 0 Å². The van der Waals surface area contributed by atoms with Gasteiger partial charge in [0.2, 0.25) is 0 Å². The molecule has 0 spiro atoms. The lowest BCUT2D eigenvalue weighted by Gasteiger charge is -2.39. The molecule has 0 amide bonds. The first-order valence-corrected chi connectivity index (χ1v) is 12.0. The maximum atomic E-state index is 13.8. The van der Waals surface area contributed by atoms with Crippen LogP contribution in [-0.4, -0.2) is 81.5 Å². The van der Waals surface area contributed by atoms with Gasteiger partial charge in [0.25, 0.3) is 0 Å². The second kappa shape index (κ2) is 10.7. The van der Waals surface area contributed by atoms with Gasteiger partial charge in [-0.05, 0) is 6.42 Å². The zero-order valence-corrected chi connectivity index (χ0v) is 20.5. The van der Waals surface area contributed by atoms with E-state index in [0.29, 0.717) is 0 Å². The third-order valence-corrected chi connectivity index (χ3v) is 7.29. The van der Waals surface area contributed by atoms with Crippen LogP contribution < -0.4 is 0 Å². The van der Waals surface area contributed by atoms with Gasteiger partial charge in [-0.3, -0.25) is 0 Å². The minimum Gasteiger partial charge on any atom is -0.232 e. The molecule has 0 aliphatic heterocycles. The van der Waals surface area contributed by atoms with Crippen LogP contribution >= 0.6 is 0 Å². The Morgan fingerprint density at radius 3 is 0.767 bits per heavy atom. The molecule has 0 radical (unpaired) electrons. The minimum absolute atomic E-state index is 0.0575. The maximum absolute atomic E-state index is 13.8. The lowest BCUT2D eigenvalue weighted by atomic mass is 9.96. The molecule has 260 valence electrons. The van der Waals surface area contributed by atoms with E-state index in [9.17, 15) is 113 Å². The summed E-state index contributed by atoms with van der Waals surface area (Å²) in [5.41, 5.74) is -17.1. The Balaban J connectivity index is 6.96. The number of alkyl halides is 22. The monoisotopic (exact) mass is 740 g/mol. The Kier molecular flexibility index (Phi) is 10.3. The Labute approximate surface area is 221 Å². The average Bonchev–Trinajstić information content (AvgIpc) is 2.72. The first-order valence-electron chi connectivity index (χ1n) is 9.15. The highest BCUT2D eigenvalue weighted by atomic mass is 32.2. The smallest absolute Gasteiger partial charge is 0.232 e. The summed E-state index contributed by atoms with van der Waals surface area (Å²) in [5.74, 6) is -17.3. The summed E-state index contributed by atoms with van der Waals surface area (Å²) >= 11 is 0. The van der Waals surface area contributed by atoms with E-state index in [4.69, 9.17) is 0 Å². The Morgan fingerprint density at radius 2 is 0.628 bits per heavy atom. The Morgan fingerprint density at radius 1 is 0.442 bits per heavy atom. The van der Waals surface area contributed by atoms with Gasteiger partial charge in [-0.25, -0.2) is 17.1 Å². The molecule has 30 heteroatoms. The molecule has 0 aliphatic carbocycles. The molecule has 0 saturated carbocycles. The van der Waals surface area contributed by atoms with Crippen molar-refractivity contribution in [2.45, 2.75) is 78.0 Å². The number of halogens is 22. The first-order chi connectivity index (χ1) is 18.1. The predicted molar refractivity (Wildman–Crippen MR) is 85.8 cm³/mol. The van der Waals surface area contributed by atoms with E-state index >= 15 is 0 Å². The molecule has 0 aliphatic rings. The summed E-state index contributed by atoms with van der Waals surface area (Å²) < 4.78 is 338. The van der Waals surface area contributed by atoms with Crippen molar-refractivity contribution >= 4 is 20.2 Å². The van der Waals surface area contributed by atoms with Crippen LogP contribution in [0.2, 0.25) is 0 Å². The van der Waals surface area contributed by atoms with Gasteiger partial charge in [0.1, 0.15) is 0 Å². The summed E-state index contributed by atoms with van der Waals surface area (Å²) in [7, 11) is -17.1. The van der Waals surface area contributed by atoms with Gasteiger partial charge in [-0.1, -0.05) is 6.92 Å². The lowest BCUT2D eigenvalue weighted by Crippen LogP contribution is -2.72. The third-order valence-electron chi connectivity index (χ3n) is 4.59. The number of rotatable bonds is 11. The van der Waals surface area contributed by atoms with E-state index in [1.165, 1.54) is 0 Å². The van der Waals surface area contributed by atoms with E-state index in [2.05, 4.69) is 8.37 Å². The van der Waals surface area contributed by atoms with Crippen LogP contribution in [0.4, 0.5) is 96.6 Å². The Bertz CT molecular complexity index is 1100. The van der Waals surface area contributed by atoms with E-state index in [1.807, 2.05) is 0 Å². The standard InChI is InChI=1S/C13H6F22O6S2/c1-2-3(40-42(36,37)12(32,33)6(16,17)4(14,8(20,21)22)9(23,24)25)41-43(38,39)13(34,35)7(18,19)5(15,10(26,27)28)11(29,30)31/h3H,2H2,1H3. The largest absolute Gasteiger partial charge is 0.438 e. The molecule has 0 N–H and O–H groups in total. The summed E-state index contributed by atoms with van der Waals surface area (Å²) in [5, 5.41) is -16.5. The van der Waals surface area contributed by atoms with Crippen LogP contribution in [0.1, 0.15) is 13.3 Å². The van der Waals surface area contributed by atoms with Crippen molar-refractivity contribution in [2.75, 3.05) is 0 Å². The normalized spacial score (nSPS) is 16.7. The molecule has 0 rings (SSSR count). The van der Waals surface area contributed by atoms with Gasteiger partial charge in [-0.15, -0.1) is 0 Å². The molecular formula is C13H6F22O6S2. The zero-order valence-electron chi connectivity index (χ0n) is 18.9. The highest BCUT2D eigenvalue weighted by Gasteiger charge is 2.94. The first kappa shape index (κ1) is 41.3. The topological polar surface area (TPSA) is 86.7 Å². The fourth-order valence-corrected chi connectivity index (χ4v) is 4.42. The van der Waals surface area contributed by atoms with Crippen molar-refractivity contribution in [3.05, 3.63) is 0 Å². The highest BCUT2D eigenvalue weighted by Crippen LogP contribution is 2.62.